The lowest BCUT2D eigenvalue weighted by Crippen LogP contribution is -2.46. The van der Waals surface area contributed by atoms with Gasteiger partial charge in [-0.05, 0) is 38.4 Å². The highest BCUT2D eigenvalue weighted by Gasteiger charge is 2.29. The molecule has 0 aromatic heterocycles. The van der Waals surface area contributed by atoms with Gasteiger partial charge in [0.25, 0.3) is 0 Å². The van der Waals surface area contributed by atoms with E-state index in [1.165, 1.54) is 0 Å². The summed E-state index contributed by atoms with van der Waals surface area (Å²) in [5, 5.41) is 13.4. The lowest BCUT2D eigenvalue weighted by molar-refractivity contribution is -0.135. The summed E-state index contributed by atoms with van der Waals surface area (Å²) < 4.78 is 0. The maximum atomic E-state index is 11.3. The van der Waals surface area contributed by atoms with Crippen LogP contribution in [0, 0.1) is 5.41 Å². The van der Waals surface area contributed by atoms with Crippen LogP contribution in [0.2, 0.25) is 0 Å². The minimum Gasteiger partial charge on any atom is -0.480 e. The Morgan fingerprint density at radius 2 is 1.88 bits per heavy atom. The maximum Gasteiger partial charge on any atom is 0.323 e. The Hall–Kier alpha value is -1.30. The van der Waals surface area contributed by atoms with Crippen LogP contribution in [0.3, 0.4) is 0 Å². The number of likely N-dealkylation sites (tertiary alicyclic amines) is 1. The predicted octanol–water partition coefficient (Wildman–Crippen LogP) is 0.102. The fraction of sp³-hybridized carbons (Fsp3) is 0.818. The van der Waals surface area contributed by atoms with E-state index in [1.807, 2.05) is 0 Å². The molecule has 1 aliphatic heterocycles. The minimum absolute atomic E-state index is 0.118. The fourth-order valence-corrected chi connectivity index (χ4v) is 1.85. The summed E-state index contributed by atoms with van der Waals surface area (Å²) in [6.45, 7) is 4.47. The van der Waals surface area contributed by atoms with Crippen LogP contribution in [0.4, 0.5) is 4.79 Å². The number of rotatable bonds is 4. The zero-order chi connectivity index (χ0) is 12.9. The molecule has 1 rings (SSSR count). The highest BCUT2D eigenvalue weighted by molar-refractivity contribution is 5.79. The van der Waals surface area contributed by atoms with Crippen molar-refractivity contribution < 1.29 is 14.7 Å². The van der Waals surface area contributed by atoms with E-state index in [2.05, 4.69) is 29.5 Å². The molecular formula is C11H21N3O3. The molecule has 17 heavy (non-hydrogen) atoms. The Bertz CT molecular complexity index is 286. The first kappa shape index (κ1) is 13.8. The molecule has 0 atom stereocenters. The third-order valence-corrected chi connectivity index (χ3v) is 3.27. The number of hydrogen-bond donors (Lipinski definition) is 3. The first-order chi connectivity index (χ1) is 7.91. The van der Waals surface area contributed by atoms with E-state index in [9.17, 15) is 9.59 Å². The molecule has 3 N–H and O–H groups in total. The van der Waals surface area contributed by atoms with Crippen molar-refractivity contribution >= 4 is 12.0 Å². The Balaban J connectivity index is 2.25. The molecule has 0 aromatic carbocycles. The van der Waals surface area contributed by atoms with E-state index < -0.39 is 12.0 Å². The molecular weight excluding hydrogens is 222 g/mol. The first-order valence-electron chi connectivity index (χ1n) is 5.83. The Morgan fingerprint density at radius 1 is 1.29 bits per heavy atom. The summed E-state index contributed by atoms with van der Waals surface area (Å²) in [5.41, 5.74) is 0.118. The first-order valence-corrected chi connectivity index (χ1v) is 5.83. The van der Waals surface area contributed by atoms with Gasteiger partial charge < -0.3 is 20.6 Å². The van der Waals surface area contributed by atoms with Crippen LogP contribution in [0.5, 0.6) is 0 Å². The Labute approximate surface area is 101 Å². The average molecular weight is 243 g/mol. The molecule has 0 bridgehead atoms. The third kappa shape index (κ3) is 5.04. The number of carboxylic acid groups (broad SMARTS) is 1. The molecule has 0 aromatic rings. The predicted molar refractivity (Wildman–Crippen MR) is 63.9 cm³/mol. The second kappa shape index (κ2) is 5.86. The Kier molecular flexibility index (Phi) is 4.74. The van der Waals surface area contributed by atoms with Crippen molar-refractivity contribution in [3.8, 4) is 0 Å². The monoisotopic (exact) mass is 243 g/mol. The smallest absolute Gasteiger partial charge is 0.323 e. The van der Waals surface area contributed by atoms with E-state index >= 15 is 0 Å². The van der Waals surface area contributed by atoms with Crippen molar-refractivity contribution in [2.45, 2.75) is 19.8 Å². The van der Waals surface area contributed by atoms with Crippen molar-refractivity contribution in [3.63, 3.8) is 0 Å². The molecule has 98 valence electrons. The molecule has 0 radical (unpaired) electrons. The van der Waals surface area contributed by atoms with E-state index in [4.69, 9.17) is 5.11 Å². The van der Waals surface area contributed by atoms with Gasteiger partial charge in [-0.1, -0.05) is 6.92 Å². The molecule has 2 amide bonds. The van der Waals surface area contributed by atoms with Crippen LogP contribution in [-0.2, 0) is 4.79 Å². The van der Waals surface area contributed by atoms with E-state index in [1.54, 1.807) is 0 Å². The van der Waals surface area contributed by atoms with Gasteiger partial charge in [0.1, 0.15) is 6.54 Å². The van der Waals surface area contributed by atoms with Crippen LogP contribution in [-0.4, -0.2) is 55.2 Å². The van der Waals surface area contributed by atoms with E-state index in [0.717, 1.165) is 25.9 Å². The zero-order valence-corrected chi connectivity index (χ0v) is 10.5. The second-order valence-corrected chi connectivity index (χ2v) is 5.04. The number of hydrogen-bond acceptors (Lipinski definition) is 3. The van der Waals surface area contributed by atoms with Crippen LogP contribution in [0.25, 0.3) is 0 Å². The largest absolute Gasteiger partial charge is 0.480 e. The fourth-order valence-electron chi connectivity index (χ4n) is 1.85. The van der Waals surface area contributed by atoms with Gasteiger partial charge in [0.05, 0.1) is 0 Å². The maximum absolute atomic E-state index is 11.3. The quantitative estimate of drug-likeness (QED) is 0.654. The van der Waals surface area contributed by atoms with Gasteiger partial charge >= 0.3 is 12.0 Å². The summed E-state index contributed by atoms with van der Waals surface area (Å²) in [6.07, 6.45) is 2.09. The van der Waals surface area contributed by atoms with Gasteiger partial charge in [-0.3, -0.25) is 4.79 Å². The van der Waals surface area contributed by atoms with Gasteiger partial charge in [0, 0.05) is 6.54 Å². The van der Waals surface area contributed by atoms with Crippen molar-refractivity contribution in [2.75, 3.05) is 33.2 Å². The molecule has 0 unspecified atom stereocenters. The molecule has 1 aliphatic rings. The van der Waals surface area contributed by atoms with E-state index in [-0.39, 0.29) is 12.0 Å². The van der Waals surface area contributed by atoms with Crippen LogP contribution >= 0.6 is 0 Å². The number of amides is 2. The number of carbonyl (C=O) groups is 2. The normalized spacial score (nSPS) is 19.6. The molecule has 0 aliphatic carbocycles. The van der Waals surface area contributed by atoms with Crippen molar-refractivity contribution in [1.29, 1.82) is 0 Å². The van der Waals surface area contributed by atoms with Gasteiger partial charge in [0.15, 0.2) is 0 Å². The number of carboxylic acids is 1. The highest BCUT2D eigenvalue weighted by Crippen LogP contribution is 2.29. The molecule has 1 fully saturated rings. The number of aliphatic carboxylic acids is 1. The number of piperidine rings is 1. The minimum atomic E-state index is -1.04. The molecule has 1 saturated heterocycles. The summed E-state index contributed by atoms with van der Waals surface area (Å²) in [7, 11) is 2.09. The Morgan fingerprint density at radius 3 is 2.41 bits per heavy atom. The summed E-state index contributed by atoms with van der Waals surface area (Å²) in [5.74, 6) is -1.04. The van der Waals surface area contributed by atoms with Gasteiger partial charge in [-0.2, -0.15) is 0 Å². The van der Waals surface area contributed by atoms with Crippen LogP contribution in [0.15, 0.2) is 0 Å². The van der Waals surface area contributed by atoms with E-state index in [0.29, 0.717) is 6.54 Å². The standard InChI is InChI=1S/C11H21N3O3/c1-11(3-5-14(2)6-4-11)8-13-10(17)12-7-9(15)16/h3-8H2,1-2H3,(H,15,16)(H2,12,13,17). The van der Waals surface area contributed by atoms with Gasteiger partial charge in [0.2, 0.25) is 0 Å². The summed E-state index contributed by atoms with van der Waals surface area (Å²) in [4.78, 5) is 23.8. The average Bonchev–Trinajstić information content (AvgIpc) is 2.28. The number of nitrogens with zero attached hydrogens (tertiary/aromatic N) is 1. The zero-order valence-electron chi connectivity index (χ0n) is 10.5. The number of urea groups is 1. The van der Waals surface area contributed by atoms with Crippen LogP contribution in [0.1, 0.15) is 19.8 Å². The lowest BCUT2D eigenvalue weighted by atomic mass is 9.80. The third-order valence-electron chi connectivity index (χ3n) is 3.27. The van der Waals surface area contributed by atoms with Gasteiger partial charge in [-0.15, -0.1) is 0 Å². The molecule has 0 spiro atoms. The van der Waals surface area contributed by atoms with Crippen molar-refractivity contribution in [1.82, 2.24) is 15.5 Å². The lowest BCUT2D eigenvalue weighted by Gasteiger charge is -2.37. The second-order valence-electron chi connectivity index (χ2n) is 5.04. The van der Waals surface area contributed by atoms with Crippen molar-refractivity contribution in [2.24, 2.45) is 5.41 Å². The van der Waals surface area contributed by atoms with Crippen LogP contribution < -0.4 is 10.6 Å². The molecule has 6 heteroatoms. The van der Waals surface area contributed by atoms with Crippen molar-refractivity contribution in [3.05, 3.63) is 0 Å². The molecule has 1 heterocycles. The number of nitrogens with one attached hydrogen (secondary N) is 2. The summed E-state index contributed by atoms with van der Waals surface area (Å²) >= 11 is 0. The highest BCUT2D eigenvalue weighted by atomic mass is 16.4. The number of carbonyl (C=O) groups excluding carboxylic acids is 1. The molecule has 6 nitrogen and oxygen atoms in total. The summed E-state index contributed by atoms with van der Waals surface area (Å²) in [6, 6.07) is -0.410. The topological polar surface area (TPSA) is 81.7 Å². The molecule has 0 saturated carbocycles. The van der Waals surface area contributed by atoms with Gasteiger partial charge in [-0.25, -0.2) is 4.79 Å². The SMILES string of the molecule is CN1CCC(C)(CNC(=O)NCC(=O)O)CC1.